The van der Waals surface area contributed by atoms with E-state index < -0.39 is 0 Å². The number of nitrogens with one attached hydrogen (secondary N) is 2. The van der Waals surface area contributed by atoms with Crippen LogP contribution >= 0.6 is 12.2 Å². The Balaban J connectivity index is 1.62. The third kappa shape index (κ3) is 2.30. The lowest BCUT2D eigenvalue weighted by Gasteiger charge is -2.50. The quantitative estimate of drug-likeness (QED) is 0.466. The SMILES string of the molecule is C=CCNC(=S)NN=C1C2CC3CC(C2)CC1C3. The molecule has 0 spiro atoms. The summed E-state index contributed by atoms with van der Waals surface area (Å²) in [4.78, 5) is 0. The van der Waals surface area contributed by atoms with Crippen molar-refractivity contribution in [3.63, 3.8) is 0 Å². The van der Waals surface area contributed by atoms with Gasteiger partial charge in [0.1, 0.15) is 0 Å². The molecule has 0 radical (unpaired) electrons. The van der Waals surface area contributed by atoms with Gasteiger partial charge < -0.3 is 5.32 Å². The monoisotopic (exact) mass is 263 g/mol. The topological polar surface area (TPSA) is 36.4 Å². The number of nitrogens with zero attached hydrogens (tertiary/aromatic N) is 1. The van der Waals surface area contributed by atoms with Crippen LogP contribution < -0.4 is 10.7 Å². The number of rotatable bonds is 3. The fourth-order valence-electron chi connectivity index (χ4n) is 4.17. The summed E-state index contributed by atoms with van der Waals surface area (Å²) in [5.74, 6) is 3.43. The summed E-state index contributed by atoms with van der Waals surface area (Å²) in [6.45, 7) is 4.34. The van der Waals surface area contributed by atoms with E-state index in [-0.39, 0.29) is 0 Å². The average molecular weight is 263 g/mol. The highest BCUT2D eigenvalue weighted by atomic mass is 32.1. The van der Waals surface area contributed by atoms with Crippen LogP contribution in [-0.4, -0.2) is 17.4 Å². The van der Waals surface area contributed by atoms with Gasteiger partial charge in [-0.05, 0) is 68.0 Å². The standard InChI is InChI=1S/C14H21N3S/c1-2-3-15-14(18)17-16-13-11-5-9-4-10(7-11)8-12(13)6-9/h2,9-12H,1,3-8H2,(H2,15,17,18). The molecule has 4 bridgehead atoms. The van der Waals surface area contributed by atoms with Gasteiger partial charge in [0.15, 0.2) is 5.11 Å². The lowest BCUT2D eigenvalue weighted by Crippen LogP contribution is -2.46. The molecule has 4 heteroatoms. The maximum absolute atomic E-state index is 5.17. The van der Waals surface area contributed by atoms with Crippen LogP contribution in [0.15, 0.2) is 17.8 Å². The van der Waals surface area contributed by atoms with Crippen LogP contribution in [0, 0.1) is 23.7 Å². The summed E-state index contributed by atoms with van der Waals surface area (Å²) < 4.78 is 0. The zero-order valence-electron chi connectivity index (χ0n) is 10.7. The second-order valence-electron chi connectivity index (χ2n) is 5.95. The molecule has 0 amide bonds. The highest BCUT2D eigenvalue weighted by Gasteiger charge is 2.46. The summed E-state index contributed by atoms with van der Waals surface area (Å²) in [5, 5.41) is 8.26. The van der Waals surface area contributed by atoms with Gasteiger partial charge in [0.2, 0.25) is 0 Å². The molecule has 0 saturated heterocycles. The molecule has 98 valence electrons. The summed E-state index contributed by atoms with van der Waals surface area (Å²) in [5.41, 5.74) is 4.40. The Morgan fingerprint density at radius 1 is 1.22 bits per heavy atom. The largest absolute Gasteiger partial charge is 0.358 e. The van der Waals surface area contributed by atoms with Gasteiger partial charge >= 0.3 is 0 Å². The first kappa shape index (κ1) is 12.2. The molecule has 4 aliphatic carbocycles. The Labute approximate surface area is 114 Å². The molecule has 4 rings (SSSR count). The van der Waals surface area contributed by atoms with Crippen molar-refractivity contribution in [2.75, 3.05) is 6.54 Å². The Morgan fingerprint density at radius 2 is 1.83 bits per heavy atom. The van der Waals surface area contributed by atoms with Crippen molar-refractivity contribution in [3.8, 4) is 0 Å². The normalized spacial score (nSPS) is 36.3. The van der Waals surface area contributed by atoms with Crippen LogP contribution in [0.4, 0.5) is 0 Å². The van der Waals surface area contributed by atoms with E-state index in [0.717, 1.165) is 23.7 Å². The first-order chi connectivity index (χ1) is 8.76. The van der Waals surface area contributed by atoms with E-state index in [1.165, 1.54) is 37.8 Å². The molecule has 0 unspecified atom stereocenters. The van der Waals surface area contributed by atoms with Gasteiger partial charge in [-0.3, -0.25) is 5.43 Å². The zero-order valence-corrected chi connectivity index (χ0v) is 11.5. The van der Waals surface area contributed by atoms with Crippen LogP contribution in [0.3, 0.4) is 0 Å². The minimum Gasteiger partial charge on any atom is -0.358 e. The van der Waals surface area contributed by atoms with Crippen LogP contribution in [0.25, 0.3) is 0 Å². The molecule has 3 nitrogen and oxygen atoms in total. The lowest BCUT2D eigenvalue weighted by molar-refractivity contribution is 0.108. The molecular weight excluding hydrogens is 242 g/mol. The highest BCUT2D eigenvalue weighted by molar-refractivity contribution is 7.80. The number of hydrogen-bond acceptors (Lipinski definition) is 2. The Kier molecular flexibility index (Phi) is 3.37. The molecule has 4 fully saturated rings. The van der Waals surface area contributed by atoms with E-state index in [1.807, 2.05) is 0 Å². The molecule has 0 aromatic carbocycles. The fraction of sp³-hybridized carbons (Fsp3) is 0.714. The van der Waals surface area contributed by atoms with Crippen molar-refractivity contribution in [3.05, 3.63) is 12.7 Å². The van der Waals surface area contributed by atoms with Gasteiger partial charge in [0, 0.05) is 12.3 Å². The maximum Gasteiger partial charge on any atom is 0.187 e. The molecule has 18 heavy (non-hydrogen) atoms. The maximum atomic E-state index is 5.17. The average Bonchev–Trinajstić information content (AvgIpc) is 2.34. The number of thiocarbonyl (C=S) groups is 1. The van der Waals surface area contributed by atoms with Crippen LogP contribution in [-0.2, 0) is 0 Å². The van der Waals surface area contributed by atoms with E-state index in [9.17, 15) is 0 Å². The van der Waals surface area contributed by atoms with Crippen LogP contribution in [0.5, 0.6) is 0 Å². The molecule has 4 saturated carbocycles. The van der Waals surface area contributed by atoms with E-state index in [2.05, 4.69) is 22.4 Å². The zero-order chi connectivity index (χ0) is 12.5. The van der Waals surface area contributed by atoms with Crippen LogP contribution in [0.1, 0.15) is 32.1 Å². The van der Waals surface area contributed by atoms with E-state index in [4.69, 9.17) is 12.2 Å². The Bertz CT molecular complexity index is 359. The minimum atomic E-state index is 0.608. The molecule has 2 N–H and O–H groups in total. The molecule has 0 heterocycles. The summed E-state index contributed by atoms with van der Waals surface area (Å²) in [7, 11) is 0. The van der Waals surface area contributed by atoms with Crippen molar-refractivity contribution in [1.29, 1.82) is 0 Å². The summed E-state index contributed by atoms with van der Waals surface area (Å²) in [6.07, 6.45) is 8.72. The third-order valence-electron chi connectivity index (χ3n) is 4.67. The molecule has 0 atom stereocenters. The van der Waals surface area contributed by atoms with Gasteiger partial charge in [-0.1, -0.05) is 6.08 Å². The van der Waals surface area contributed by atoms with Gasteiger partial charge in [-0.2, -0.15) is 5.10 Å². The molecule has 0 aliphatic heterocycles. The predicted molar refractivity (Wildman–Crippen MR) is 78.4 cm³/mol. The van der Waals surface area contributed by atoms with Gasteiger partial charge in [-0.15, -0.1) is 6.58 Å². The fourth-order valence-corrected chi connectivity index (χ4v) is 4.30. The Hall–Kier alpha value is -0.900. The van der Waals surface area contributed by atoms with Gasteiger partial charge in [-0.25, -0.2) is 0 Å². The van der Waals surface area contributed by atoms with Crippen molar-refractivity contribution < 1.29 is 0 Å². The van der Waals surface area contributed by atoms with Crippen molar-refractivity contribution in [2.45, 2.75) is 32.1 Å². The summed E-state index contributed by atoms with van der Waals surface area (Å²) >= 11 is 5.17. The number of hydrazone groups is 1. The van der Waals surface area contributed by atoms with Crippen LogP contribution in [0.2, 0.25) is 0 Å². The second-order valence-corrected chi connectivity index (χ2v) is 6.36. The number of hydrogen-bond donors (Lipinski definition) is 2. The molecule has 0 aromatic rings. The predicted octanol–water partition coefficient (Wildman–Crippen LogP) is 2.45. The van der Waals surface area contributed by atoms with Crippen molar-refractivity contribution >= 4 is 23.0 Å². The van der Waals surface area contributed by atoms with Crippen molar-refractivity contribution in [1.82, 2.24) is 10.7 Å². The Morgan fingerprint density at radius 3 is 2.39 bits per heavy atom. The van der Waals surface area contributed by atoms with E-state index in [0.29, 0.717) is 11.7 Å². The van der Waals surface area contributed by atoms with Crippen molar-refractivity contribution in [2.24, 2.45) is 28.8 Å². The third-order valence-corrected chi connectivity index (χ3v) is 4.90. The first-order valence-corrected chi connectivity index (χ1v) is 7.39. The van der Waals surface area contributed by atoms with E-state index in [1.54, 1.807) is 6.08 Å². The first-order valence-electron chi connectivity index (χ1n) is 6.98. The van der Waals surface area contributed by atoms with Gasteiger partial charge in [0.25, 0.3) is 0 Å². The second kappa shape index (κ2) is 5.00. The molecule has 4 aliphatic rings. The smallest absolute Gasteiger partial charge is 0.187 e. The van der Waals surface area contributed by atoms with E-state index >= 15 is 0 Å². The minimum absolute atomic E-state index is 0.608. The van der Waals surface area contributed by atoms with Gasteiger partial charge in [0.05, 0.1) is 0 Å². The molecule has 0 aromatic heterocycles. The lowest BCUT2D eigenvalue weighted by atomic mass is 9.55. The molecular formula is C14H21N3S. The summed E-state index contributed by atoms with van der Waals surface area (Å²) in [6, 6.07) is 0. The highest BCUT2D eigenvalue weighted by Crippen LogP contribution is 2.52.